The monoisotopic (exact) mass is 447 g/mol. The van der Waals surface area contributed by atoms with Gasteiger partial charge in [-0.2, -0.15) is 23.4 Å². The van der Waals surface area contributed by atoms with Gasteiger partial charge in [0.15, 0.2) is 5.69 Å². The van der Waals surface area contributed by atoms with Crippen molar-refractivity contribution in [2.24, 2.45) is 0 Å². The van der Waals surface area contributed by atoms with Crippen LogP contribution in [-0.2, 0) is 24.1 Å². The van der Waals surface area contributed by atoms with E-state index in [1.54, 1.807) is 4.68 Å². The Kier molecular flexibility index (Phi) is 5.92. The van der Waals surface area contributed by atoms with Crippen LogP contribution in [0.5, 0.6) is 0 Å². The maximum absolute atomic E-state index is 12.9. The lowest BCUT2D eigenvalue weighted by atomic mass is 10.2. The van der Waals surface area contributed by atoms with Crippen molar-refractivity contribution in [3.8, 4) is 0 Å². The van der Waals surface area contributed by atoms with Crippen LogP contribution in [0.2, 0.25) is 0 Å². The van der Waals surface area contributed by atoms with Crippen LogP contribution in [0.3, 0.4) is 0 Å². The molecule has 0 aliphatic heterocycles. The molecule has 0 radical (unpaired) electrons. The van der Waals surface area contributed by atoms with Gasteiger partial charge in [0.2, 0.25) is 5.91 Å². The molecule has 2 aromatic heterocycles. The van der Waals surface area contributed by atoms with Gasteiger partial charge in [0, 0.05) is 43.9 Å². The highest BCUT2D eigenvalue weighted by molar-refractivity contribution is 9.10. The number of carbonyl (C=O) groups excluding carboxylic acids is 1. The van der Waals surface area contributed by atoms with Crippen molar-refractivity contribution >= 4 is 21.8 Å². The first-order valence-corrected chi connectivity index (χ1v) is 9.64. The Hall–Kier alpha value is -1.84. The number of aryl methyl sites for hydroxylation is 3. The summed E-state index contributed by atoms with van der Waals surface area (Å²) >= 11 is 3.39. The molecule has 1 N–H and O–H groups in total. The number of aromatic nitrogens is 4. The zero-order valence-corrected chi connectivity index (χ0v) is 16.5. The van der Waals surface area contributed by atoms with E-state index in [2.05, 4.69) is 31.4 Å². The third-order valence-electron chi connectivity index (χ3n) is 4.42. The van der Waals surface area contributed by atoms with Gasteiger partial charge in [-0.1, -0.05) is 0 Å². The van der Waals surface area contributed by atoms with Crippen LogP contribution in [0.4, 0.5) is 13.2 Å². The maximum Gasteiger partial charge on any atom is 0.435 e. The summed E-state index contributed by atoms with van der Waals surface area (Å²) in [4.78, 5) is 12.0. The van der Waals surface area contributed by atoms with Gasteiger partial charge in [0.1, 0.15) is 0 Å². The fourth-order valence-electron chi connectivity index (χ4n) is 2.83. The average Bonchev–Trinajstić information content (AvgIpc) is 3.25. The SMILES string of the molecule is Cc1nn(CCCNC(=O)CCn2nc(C(F)(F)F)cc2C2CC2)cc1Br. The third-order valence-corrected chi connectivity index (χ3v) is 5.20. The summed E-state index contributed by atoms with van der Waals surface area (Å²) in [5, 5.41) is 10.8. The molecule has 6 nitrogen and oxygen atoms in total. The number of carbonyl (C=O) groups is 1. The summed E-state index contributed by atoms with van der Waals surface area (Å²) in [6, 6.07) is 1.11. The van der Waals surface area contributed by atoms with Crippen LogP contribution < -0.4 is 5.32 Å². The molecule has 1 fully saturated rings. The van der Waals surface area contributed by atoms with Crippen molar-refractivity contribution in [3.05, 3.63) is 33.8 Å². The van der Waals surface area contributed by atoms with Crippen molar-refractivity contribution in [2.75, 3.05) is 6.54 Å². The smallest absolute Gasteiger partial charge is 0.356 e. The molecule has 0 saturated heterocycles. The molecule has 0 spiro atoms. The third kappa shape index (κ3) is 5.33. The fourth-order valence-corrected chi connectivity index (χ4v) is 3.15. The van der Waals surface area contributed by atoms with Crippen LogP contribution in [0.1, 0.15) is 48.7 Å². The van der Waals surface area contributed by atoms with Crippen molar-refractivity contribution in [1.29, 1.82) is 0 Å². The van der Waals surface area contributed by atoms with Gasteiger partial charge in [0.25, 0.3) is 0 Å². The molecule has 0 bridgehead atoms. The first-order chi connectivity index (χ1) is 12.7. The zero-order chi connectivity index (χ0) is 19.6. The van der Waals surface area contributed by atoms with E-state index in [-0.39, 0.29) is 24.8 Å². The van der Waals surface area contributed by atoms with E-state index < -0.39 is 11.9 Å². The molecule has 10 heteroatoms. The van der Waals surface area contributed by atoms with Crippen molar-refractivity contribution in [1.82, 2.24) is 24.9 Å². The minimum atomic E-state index is -4.46. The number of hydrogen-bond donors (Lipinski definition) is 1. The topological polar surface area (TPSA) is 64.7 Å². The molecule has 0 unspecified atom stereocenters. The van der Waals surface area contributed by atoms with Crippen molar-refractivity contribution in [3.63, 3.8) is 0 Å². The van der Waals surface area contributed by atoms with Crippen molar-refractivity contribution < 1.29 is 18.0 Å². The zero-order valence-electron chi connectivity index (χ0n) is 14.9. The van der Waals surface area contributed by atoms with E-state index >= 15 is 0 Å². The normalized spacial score (nSPS) is 14.6. The fraction of sp³-hybridized carbons (Fsp3) is 0.588. The van der Waals surface area contributed by atoms with E-state index in [0.29, 0.717) is 25.2 Å². The summed E-state index contributed by atoms with van der Waals surface area (Å²) in [5.41, 5.74) is 0.600. The Bertz CT molecular complexity index is 791. The molecular weight excluding hydrogens is 427 g/mol. The van der Waals surface area contributed by atoms with E-state index in [4.69, 9.17) is 0 Å². The molecule has 1 aliphatic carbocycles. The number of nitrogens with one attached hydrogen (secondary N) is 1. The lowest BCUT2D eigenvalue weighted by Gasteiger charge is -2.08. The predicted octanol–water partition coefficient (Wildman–Crippen LogP) is 3.64. The largest absolute Gasteiger partial charge is 0.435 e. The summed E-state index contributed by atoms with van der Waals surface area (Å²) in [6.07, 6.45) is -0.0162. The van der Waals surface area contributed by atoms with E-state index in [1.165, 1.54) is 4.68 Å². The molecule has 2 aromatic rings. The number of rotatable bonds is 8. The second-order valence-corrected chi connectivity index (χ2v) is 7.58. The number of halogens is 4. The number of alkyl halides is 3. The molecule has 3 rings (SSSR count). The van der Waals surface area contributed by atoms with Crippen molar-refractivity contribution in [2.45, 2.75) is 57.8 Å². The van der Waals surface area contributed by atoms with Crippen LogP contribution in [0, 0.1) is 6.92 Å². The minimum Gasteiger partial charge on any atom is -0.356 e. The second-order valence-electron chi connectivity index (χ2n) is 6.73. The molecule has 27 heavy (non-hydrogen) atoms. The lowest BCUT2D eigenvalue weighted by molar-refractivity contribution is -0.141. The summed E-state index contributed by atoms with van der Waals surface area (Å²) in [6.45, 7) is 3.21. The number of nitrogens with zero attached hydrogens (tertiary/aromatic N) is 4. The Labute approximate surface area is 163 Å². The molecule has 2 heterocycles. The van der Waals surface area contributed by atoms with Crippen LogP contribution in [0.25, 0.3) is 0 Å². The number of amides is 1. The highest BCUT2D eigenvalue weighted by atomic mass is 79.9. The Balaban J connectivity index is 1.44. The Morgan fingerprint density at radius 2 is 2.07 bits per heavy atom. The molecule has 1 saturated carbocycles. The molecule has 0 aromatic carbocycles. The van der Waals surface area contributed by atoms with Gasteiger partial charge in [-0.15, -0.1) is 0 Å². The Morgan fingerprint density at radius 1 is 1.33 bits per heavy atom. The lowest BCUT2D eigenvalue weighted by Crippen LogP contribution is -2.26. The first kappa shape index (κ1) is 19.9. The van der Waals surface area contributed by atoms with Crippen LogP contribution in [-0.4, -0.2) is 32.0 Å². The van der Waals surface area contributed by atoms with E-state index in [0.717, 1.165) is 29.1 Å². The van der Waals surface area contributed by atoms with Gasteiger partial charge in [0.05, 0.1) is 10.2 Å². The summed E-state index contributed by atoms with van der Waals surface area (Å²) in [7, 11) is 0. The van der Waals surface area contributed by atoms with Crippen LogP contribution in [0.15, 0.2) is 16.7 Å². The molecule has 148 valence electrons. The molecule has 1 aliphatic rings. The highest BCUT2D eigenvalue weighted by Crippen LogP contribution is 2.42. The second kappa shape index (κ2) is 8.04. The quantitative estimate of drug-likeness (QED) is 0.628. The molecule has 1 amide bonds. The van der Waals surface area contributed by atoms with Gasteiger partial charge in [-0.25, -0.2) is 0 Å². The summed E-state index contributed by atoms with van der Waals surface area (Å²) in [5.74, 6) is -0.0628. The van der Waals surface area contributed by atoms with E-state index in [1.807, 2.05) is 13.1 Å². The first-order valence-electron chi connectivity index (χ1n) is 8.85. The average molecular weight is 448 g/mol. The minimum absolute atomic E-state index is 0.102. The molecule has 0 atom stereocenters. The Morgan fingerprint density at radius 3 is 2.67 bits per heavy atom. The maximum atomic E-state index is 12.9. The van der Waals surface area contributed by atoms with Gasteiger partial charge < -0.3 is 5.32 Å². The predicted molar refractivity (Wildman–Crippen MR) is 96.1 cm³/mol. The van der Waals surface area contributed by atoms with Gasteiger partial charge >= 0.3 is 6.18 Å². The van der Waals surface area contributed by atoms with Gasteiger partial charge in [-0.3, -0.25) is 14.2 Å². The van der Waals surface area contributed by atoms with Gasteiger partial charge in [-0.05, 0) is 48.2 Å². The molecular formula is C17H21BrF3N5O. The highest BCUT2D eigenvalue weighted by Gasteiger charge is 2.37. The standard InChI is InChI=1S/C17H21BrF3N5O/c1-11-13(18)10-25(23-11)7-2-6-22-16(27)5-8-26-14(12-3-4-12)9-15(24-26)17(19,20)21/h9-10,12H,2-8H2,1H3,(H,22,27). The summed E-state index contributed by atoms with van der Waals surface area (Å²) < 4.78 is 42.7. The number of hydrogen-bond acceptors (Lipinski definition) is 3. The van der Waals surface area contributed by atoms with E-state index in [9.17, 15) is 18.0 Å². The van der Waals surface area contributed by atoms with Crippen LogP contribution >= 0.6 is 15.9 Å².